The van der Waals surface area contributed by atoms with Gasteiger partial charge in [-0.15, -0.1) is 0 Å². The van der Waals surface area contributed by atoms with Gasteiger partial charge in [0.25, 0.3) is 0 Å². The van der Waals surface area contributed by atoms with Crippen LogP contribution in [0.3, 0.4) is 0 Å². The monoisotopic (exact) mass is 417 g/mol. The van der Waals surface area contributed by atoms with Gasteiger partial charge < -0.3 is 9.84 Å². The van der Waals surface area contributed by atoms with E-state index in [4.69, 9.17) is 4.52 Å². The van der Waals surface area contributed by atoms with Crippen LogP contribution in [0.4, 0.5) is 8.78 Å². The van der Waals surface area contributed by atoms with Crippen LogP contribution in [0.5, 0.6) is 0 Å². The molecule has 29 heavy (non-hydrogen) atoms. The minimum atomic E-state index is -0.332. The zero-order valence-electron chi connectivity index (χ0n) is 16.0. The Balaban J connectivity index is 1.37. The van der Waals surface area contributed by atoms with Crippen molar-refractivity contribution in [3.8, 4) is 11.4 Å². The first-order valence-electron chi connectivity index (χ1n) is 9.20. The maximum atomic E-state index is 13.7. The summed E-state index contributed by atoms with van der Waals surface area (Å²) in [6.45, 7) is 2.17. The predicted octanol–water partition coefficient (Wildman–Crippen LogP) is 4.31. The SMILES string of the molecule is Cc1ccc(-c2noc(CCC(=O)NCCSCc3ccccc3F)n2)cc1F. The summed E-state index contributed by atoms with van der Waals surface area (Å²) in [6, 6.07) is 11.4. The molecular weight excluding hydrogens is 396 g/mol. The van der Waals surface area contributed by atoms with E-state index in [1.807, 2.05) is 0 Å². The molecule has 152 valence electrons. The fraction of sp³-hybridized carbons (Fsp3) is 0.286. The number of nitrogens with one attached hydrogen (secondary N) is 1. The molecule has 0 aliphatic rings. The molecule has 0 aliphatic carbocycles. The molecule has 0 fully saturated rings. The molecule has 5 nitrogen and oxygen atoms in total. The summed E-state index contributed by atoms with van der Waals surface area (Å²) >= 11 is 1.55. The number of aromatic nitrogens is 2. The first-order chi connectivity index (χ1) is 14.0. The lowest BCUT2D eigenvalue weighted by Gasteiger charge is -2.05. The largest absolute Gasteiger partial charge is 0.355 e. The third-order valence-electron chi connectivity index (χ3n) is 4.25. The number of hydrogen-bond acceptors (Lipinski definition) is 5. The van der Waals surface area contributed by atoms with E-state index in [9.17, 15) is 13.6 Å². The van der Waals surface area contributed by atoms with Crippen LogP contribution < -0.4 is 5.32 Å². The molecule has 0 atom stereocenters. The summed E-state index contributed by atoms with van der Waals surface area (Å²) in [4.78, 5) is 16.2. The molecule has 0 spiro atoms. The third kappa shape index (κ3) is 6.12. The molecule has 0 aliphatic heterocycles. The van der Waals surface area contributed by atoms with Crippen LogP contribution >= 0.6 is 11.8 Å². The zero-order chi connectivity index (χ0) is 20.6. The predicted molar refractivity (Wildman–Crippen MR) is 108 cm³/mol. The third-order valence-corrected chi connectivity index (χ3v) is 5.26. The number of halogens is 2. The highest BCUT2D eigenvalue weighted by Crippen LogP contribution is 2.19. The number of amides is 1. The smallest absolute Gasteiger partial charge is 0.227 e. The standard InChI is InChI=1S/C21H21F2N3O2S/c1-14-6-7-15(12-18(14)23)21-25-20(28-26-21)9-8-19(27)24-10-11-29-13-16-4-2-3-5-17(16)22/h2-7,12H,8-11,13H2,1H3,(H,24,27). The van der Waals surface area contributed by atoms with Gasteiger partial charge in [0, 0.05) is 36.5 Å². The number of rotatable bonds is 9. The number of carbonyl (C=O) groups excluding carboxylic acids is 1. The summed E-state index contributed by atoms with van der Waals surface area (Å²) < 4.78 is 32.3. The molecule has 1 heterocycles. The number of thioether (sulfide) groups is 1. The van der Waals surface area contributed by atoms with E-state index in [1.165, 1.54) is 12.1 Å². The second kappa shape index (κ2) is 10.2. The highest BCUT2D eigenvalue weighted by molar-refractivity contribution is 7.98. The second-order valence-corrected chi connectivity index (χ2v) is 7.57. The molecule has 3 rings (SSSR count). The van der Waals surface area contributed by atoms with Crippen molar-refractivity contribution in [1.82, 2.24) is 15.5 Å². The highest BCUT2D eigenvalue weighted by atomic mass is 32.2. The van der Waals surface area contributed by atoms with Crippen LogP contribution in [0, 0.1) is 18.6 Å². The van der Waals surface area contributed by atoms with E-state index in [1.54, 1.807) is 49.0 Å². The fourth-order valence-electron chi connectivity index (χ4n) is 2.57. The van der Waals surface area contributed by atoms with E-state index in [0.717, 1.165) is 0 Å². The van der Waals surface area contributed by atoms with Crippen molar-refractivity contribution < 1.29 is 18.1 Å². The molecule has 1 aromatic heterocycles. The van der Waals surface area contributed by atoms with Gasteiger partial charge in [0.05, 0.1) is 0 Å². The lowest BCUT2D eigenvalue weighted by molar-refractivity contribution is -0.121. The number of hydrogen-bond donors (Lipinski definition) is 1. The molecular formula is C21H21F2N3O2S. The Morgan fingerprint density at radius 2 is 2.00 bits per heavy atom. The summed E-state index contributed by atoms with van der Waals surface area (Å²) in [5, 5.41) is 6.65. The van der Waals surface area contributed by atoms with E-state index in [2.05, 4.69) is 15.5 Å². The lowest BCUT2D eigenvalue weighted by atomic mass is 10.1. The summed E-state index contributed by atoms with van der Waals surface area (Å²) in [5.74, 6) is 1.19. The second-order valence-electron chi connectivity index (χ2n) is 6.47. The molecule has 1 amide bonds. The quantitative estimate of drug-likeness (QED) is 0.526. The molecule has 0 bridgehead atoms. The van der Waals surface area contributed by atoms with Gasteiger partial charge in [-0.3, -0.25) is 4.79 Å². The Bertz CT molecular complexity index is 978. The summed E-state index contributed by atoms with van der Waals surface area (Å²) in [5.41, 5.74) is 1.73. The van der Waals surface area contributed by atoms with E-state index >= 15 is 0 Å². The van der Waals surface area contributed by atoms with Crippen LogP contribution in [0.25, 0.3) is 11.4 Å². The van der Waals surface area contributed by atoms with Crippen molar-refractivity contribution >= 4 is 17.7 Å². The van der Waals surface area contributed by atoms with Crippen molar-refractivity contribution in [1.29, 1.82) is 0 Å². The minimum Gasteiger partial charge on any atom is -0.355 e. The Morgan fingerprint density at radius 3 is 2.79 bits per heavy atom. The van der Waals surface area contributed by atoms with Crippen molar-refractivity contribution in [3.05, 3.63) is 71.1 Å². The molecule has 0 saturated carbocycles. The summed E-state index contributed by atoms with van der Waals surface area (Å²) in [7, 11) is 0. The maximum Gasteiger partial charge on any atom is 0.227 e. The van der Waals surface area contributed by atoms with Crippen LogP contribution in [-0.2, 0) is 17.0 Å². The first kappa shape index (κ1) is 21.0. The molecule has 3 aromatic rings. The molecule has 2 aromatic carbocycles. The van der Waals surface area contributed by atoms with Gasteiger partial charge in [-0.2, -0.15) is 16.7 Å². The summed E-state index contributed by atoms with van der Waals surface area (Å²) in [6.07, 6.45) is 0.511. The lowest BCUT2D eigenvalue weighted by Crippen LogP contribution is -2.26. The van der Waals surface area contributed by atoms with Gasteiger partial charge in [-0.1, -0.05) is 35.5 Å². The van der Waals surface area contributed by atoms with Crippen molar-refractivity contribution in [2.75, 3.05) is 12.3 Å². The fourth-order valence-corrected chi connectivity index (χ4v) is 3.42. The van der Waals surface area contributed by atoms with E-state index in [0.29, 0.717) is 52.9 Å². The first-order valence-corrected chi connectivity index (χ1v) is 10.4. The average Bonchev–Trinajstić information content (AvgIpc) is 3.18. The topological polar surface area (TPSA) is 68.0 Å². The van der Waals surface area contributed by atoms with Crippen LogP contribution in [0.1, 0.15) is 23.4 Å². The molecule has 0 unspecified atom stereocenters. The average molecular weight is 417 g/mol. The molecule has 8 heteroatoms. The minimum absolute atomic E-state index is 0.127. The molecule has 0 radical (unpaired) electrons. The molecule has 0 saturated heterocycles. The van der Waals surface area contributed by atoms with Gasteiger partial charge in [0.1, 0.15) is 11.6 Å². The Kier molecular flexibility index (Phi) is 7.35. The van der Waals surface area contributed by atoms with Crippen molar-refractivity contribution in [2.24, 2.45) is 0 Å². The maximum absolute atomic E-state index is 13.7. The highest BCUT2D eigenvalue weighted by Gasteiger charge is 2.12. The van der Waals surface area contributed by atoms with Gasteiger partial charge in [0.2, 0.25) is 17.6 Å². The Labute approximate surface area is 171 Å². The zero-order valence-corrected chi connectivity index (χ0v) is 16.8. The van der Waals surface area contributed by atoms with Gasteiger partial charge in [0.15, 0.2) is 0 Å². The van der Waals surface area contributed by atoms with Crippen molar-refractivity contribution in [2.45, 2.75) is 25.5 Å². The number of nitrogens with zero attached hydrogens (tertiary/aromatic N) is 2. The van der Waals surface area contributed by atoms with Crippen LogP contribution in [0.15, 0.2) is 47.0 Å². The Morgan fingerprint density at radius 1 is 1.17 bits per heavy atom. The van der Waals surface area contributed by atoms with Crippen molar-refractivity contribution in [3.63, 3.8) is 0 Å². The van der Waals surface area contributed by atoms with E-state index in [-0.39, 0.29) is 24.0 Å². The number of aryl methyl sites for hydroxylation is 2. The normalized spacial score (nSPS) is 10.9. The van der Waals surface area contributed by atoms with Crippen LogP contribution in [0.2, 0.25) is 0 Å². The molecule has 1 N–H and O–H groups in total. The van der Waals surface area contributed by atoms with Gasteiger partial charge >= 0.3 is 0 Å². The van der Waals surface area contributed by atoms with Crippen LogP contribution in [-0.4, -0.2) is 28.3 Å². The number of benzene rings is 2. The van der Waals surface area contributed by atoms with Gasteiger partial charge in [-0.25, -0.2) is 8.78 Å². The number of carbonyl (C=O) groups is 1. The Hall–Kier alpha value is -2.74. The van der Waals surface area contributed by atoms with E-state index < -0.39 is 0 Å². The van der Waals surface area contributed by atoms with Gasteiger partial charge in [-0.05, 0) is 30.2 Å².